The molecule has 9 heteroatoms. The number of aryl methyl sites for hydroxylation is 1. The quantitative estimate of drug-likeness (QED) is 0.769. The van der Waals surface area contributed by atoms with Gasteiger partial charge in [-0.3, -0.25) is 14.3 Å². The van der Waals surface area contributed by atoms with E-state index in [1.165, 1.54) is 18.3 Å². The highest BCUT2D eigenvalue weighted by Gasteiger charge is 2.33. The first kappa shape index (κ1) is 16.6. The Kier molecular flexibility index (Phi) is 3.78. The van der Waals surface area contributed by atoms with Crippen LogP contribution < -0.4 is 5.56 Å². The molecule has 0 spiro atoms. The lowest BCUT2D eigenvalue weighted by Crippen LogP contribution is -2.27. The molecule has 1 N–H and O–H groups in total. The first-order valence-corrected chi connectivity index (χ1v) is 6.99. The van der Waals surface area contributed by atoms with Crippen LogP contribution in [0.3, 0.4) is 0 Å². The molecule has 0 aliphatic heterocycles. The van der Waals surface area contributed by atoms with Crippen LogP contribution in [0.15, 0.2) is 41.3 Å². The van der Waals surface area contributed by atoms with Gasteiger partial charge in [0.1, 0.15) is 16.9 Å². The summed E-state index contributed by atoms with van der Waals surface area (Å²) in [5.74, 6) is -1.48. The standard InChI is InChI=1S/C16H10F3N3O3/c1-8-11(3-2-6-20-8)22-13-9(7-10(14(22)23)15(24)25)4-5-12(21-13)16(17,18)19/h2-7H,1H3,(H,24,25). The number of carboxylic acid groups (broad SMARTS) is 1. The molecule has 0 radical (unpaired) electrons. The molecule has 0 unspecified atom stereocenters. The number of halogens is 3. The fourth-order valence-electron chi connectivity index (χ4n) is 2.43. The SMILES string of the molecule is Cc1ncccc1-n1c(=O)c(C(=O)O)cc2ccc(C(F)(F)F)nc21. The van der Waals surface area contributed by atoms with Crippen molar-refractivity contribution in [2.75, 3.05) is 0 Å². The van der Waals surface area contributed by atoms with Crippen LogP contribution in [0.1, 0.15) is 21.7 Å². The average molecular weight is 349 g/mol. The topological polar surface area (TPSA) is 85.1 Å². The molecule has 3 aromatic heterocycles. The van der Waals surface area contributed by atoms with Gasteiger partial charge in [-0.05, 0) is 37.3 Å². The summed E-state index contributed by atoms with van der Waals surface area (Å²) in [6.45, 7) is 1.55. The minimum atomic E-state index is -4.70. The Bertz CT molecular complexity index is 1060. The van der Waals surface area contributed by atoms with E-state index in [9.17, 15) is 27.9 Å². The predicted octanol–water partition coefficient (Wildman–Crippen LogP) is 2.81. The van der Waals surface area contributed by atoms with E-state index in [2.05, 4.69) is 9.97 Å². The van der Waals surface area contributed by atoms with Crippen molar-refractivity contribution in [1.82, 2.24) is 14.5 Å². The number of carboxylic acids is 1. The molecule has 0 bridgehead atoms. The van der Waals surface area contributed by atoms with Crippen LogP contribution in [-0.2, 0) is 6.18 Å². The first-order chi connectivity index (χ1) is 11.7. The number of alkyl halides is 3. The van der Waals surface area contributed by atoms with Crippen molar-refractivity contribution in [2.45, 2.75) is 13.1 Å². The summed E-state index contributed by atoms with van der Waals surface area (Å²) < 4.78 is 39.8. The third-order valence-electron chi connectivity index (χ3n) is 3.59. The molecule has 0 atom stereocenters. The van der Waals surface area contributed by atoms with E-state index in [0.717, 1.165) is 22.8 Å². The highest BCUT2D eigenvalue weighted by molar-refractivity contribution is 5.92. The molecule has 3 heterocycles. The zero-order valence-electron chi connectivity index (χ0n) is 12.7. The van der Waals surface area contributed by atoms with Crippen molar-refractivity contribution in [3.63, 3.8) is 0 Å². The number of hydrogen-bond acceptors (Lipinski definition) is 4. The Morgan fingerprint density at radius 3 is 2.56 bits per heavy atom. The fourth-order valence-corrected chi connectivity index (χ4v) is 2.43. The molecule has 3 rings (SSSR count). The van der Waals surface area contributed by atoms with Crippen LogP contribution >= 0.6 is 0 Å². The molecule has 6 nitrogen and oxygen atoms in total. The number of nitrogens with zero attached hydrogens (tertiary/aromatic N) is 3. The summed E-state index contributed by atoms with van der Waals surface area (Å²) in [7, 11) is 0. The van der Waals surface area contributed by atoms with E-state index < -0.39 is 29.0 Å². The van der Waals surface area contributed by atoms with Crippen molar-refractivity contribution >= 4 is 17.0 Å². The van der Waals surface area contributed by atoms with Gasteiger partial charge in [0, 0.05) is 11.6 Å². The number of aromatic nitrogens is 3. The number of aromatic carboxylic acids is 1. The van der Waals surface area contributed by atoms with Crippen molar-refractivity contribution in [1.29, 1.82) is 0 Å². The second-order valence-electron chi connectivity index (χ2n) is 5.22. The third kappa shape index (κ3) is 2.84. The lowest BCUT2D eigenvalue weighted by atomic mass is 10.1. The molecule has 3 aromatic rings. The van der Waals surface area contributed by atoms with E-state index in [-0.39, 0.29) is 16.7 Å². The van der Waals surface area contributed by atoms with Gasteiger partial charge in [-0.25, -0.2) is 9.78 Å². The first-order valence-electron chi connectivity index (χ1n) is 6.99. The van der Waals surface area contributed by atoms with E-state index in [1.54, 1.807) is 6.92 Å². The molecule has 0 saturated carbocycles. The van der Waals surface area contributed by atoms with Crippen LogP contribution in [0.25, 0.3) is 16.7 Å². The lowest BCUT2D eigenvalue weighted by molar-refractivity contribution is -0.141. The highest BCUT2D eigenvalue weighted by Crippen LogP contribution is 2.29. The third-order valence-corrected chi connectivity index (χ3v) is 3.59. The largest absolute Gasteiger partial charge is 0.477 e. The number of fused-ring (bicyclic) bond motifs is 1. The molecular formula is C16H10F3N3O3. The molecule has 128 valence electrons. The summed E-state index contributed by atoms with van der Waals surface area (Å²) in [4.78, 5) is 31.4. The fraction of sp³-hybridized carbons (Fsp3) is 0.125. The maximum Gasteiger partial charge on any atom is 0.433 e. The summed E-state index contributed by atoms with van der Waals surface area (Å²) in [6, 6.07) is 5.77. The lowest BCUT2D eigenvalue weighted by Gasteiger charge is -2.14. The Morgan fingerprint density at radius 1 is 1.24 bits per heavy atom. The Labute approximate surface area is 138 Å². The van der Waals surface area contributed by atoms with Crippen LogP contribution in [0, 0.1) is 6.92 Å². The Hall–Kier alpha value is -3.23. The minimum absolute atomic E-state index is 0.0910. The second kappa shape index (κ2) is 5.69. The number of rotatable bonds is 2. The van der Waals surface area contributed by atoms with E-state index >= 15 is 0 Å². The molecular weight excluding hydrogens is 339 g/mol. The second-order valence-corrected chi connectivity index (χ2v) is 5.22. The van der Waals surface area contributed by atoms with Crippen LogP contribution in [-0.4, -0.2) is 25.6 Å². The Balaban J connectivity index is 2.50. The minimum Gasteiger partial charge on any atom is -0.477 e. The summed E-state index contributed by atoms with van der Waals surface area (Å²) in [6.07, 6.45) is -3.26. The van der Waals surface area contributed by atoms with Crippen molar-refractivity contribution in [2.24, 2.45) is 0 Å². The van der Waals surface area contributed by atoms with Gasteiger partial charge in [0.15, 0.2) is 0 Å². The molecule has 0 fully saturated rings. The molecule has 0 saturated heterocycles. The maximum atomic E-state index is 13.0. The highest BCUT2D eigenvalue weighted by atomic mass is 19.4. The smallest absolute Gasteiger partial charge is 0.433 e. The molecule has 0 amide bonds. The zero-order valence-corrected chi connectivity index (χ0v) is 12.7. The van der Waals surface area contributed by atoms with Gasteiger partial charge in [-0.2, -0.15) is 13.2 Å². The van der Waals surface area contributed by atoms with Gasteiger partial charge in [0.2, 0.25) is 0 Å². The van der Waals surface area contributed by atoms with E-state index in [4.69, 9.17) is 0 Å². The average Bonchev–Trinajstić information content (AvgIpc) is 2.54. The summed E-state index contributed by atoms with van der Waals surface area (Å²) in [5, 5.41) is 9.31. The van der Waals surface area contributed by atoms with Gasteiger partial charge in [0.25, 0.3) is 5.56 Å². The maximum absolute atomic E-state index is 13.0. The van der Waals surface area contributed by atoms with E-state index in [1.807, 2.05) is 0 Å². The van der Waals surface area contributed by atoms with Crippen LogP contribution in [0.5, 0.6) is 0 Å². The Morgan fingerprint density at radius 2 is 1.96 bits per heavy atom. The van der Waals surface area contributed by atoms with Crippen molar-refractivity contribution in [3.8, 4) is 5.69 Å². The monoisotopic (exact) mass is 349 g/mol. The molecule has 0 aliphatic carbocycles. The zero-order chi connectivity index (χ0) is 18.4. The van der Waals surface area contributed by atoms with Crippen LogP contribution in [0.4, 0.5) is 13.2 Å². The number of carbonyl (C=O) groups is 1. The molecule has 0 aromatic carbocycles. The van der Waals surface area contributed by atoms with Crippen molar-refractivity contribution < 1.29 is 23.1 Å². The van der Waals surface area contributed by atoms with E-state index in [0.29, 0.717) is 5.69 Å². The van der Waals surface area contributed by atoms with Gasteiger partial charge >= 0.3 is 12.1 Å². The summed E-state index contributed by atoms with van der Waals surface area (Å²) in [5.41, 5.74) is -2.53. The number of hydrogen-bond donors (Lipinski definition) is 1. The molecule has 0 aliphatic rings. The van der Waals surface area contributed by atoms with Gasteiger partial charge in [-0.1, -0.05) is 0 Å². The van der Waals surface area contributed by atoms with Gasteiger partial charge in [0.05, 0.1) is 11.4 Å². The van der Waals surface area contributed by atoms with Crippen LogP contribution in [0.2, 0.25) is 0 Å². The van der Waals surface area contributed by atoms with Gasteiger partial charge < -0.3 is 5.11 Å². The normalized spacial score (nSPS) is 11.7. The summed E-state index contributed by atoms with van der Waals surface area (Å²) >= 11 is 0. The number of pyridine rings is 3. The van der Waals surface area contributed by atoms with Crippen molar-refractivity contribution in [3.05, 3.63) is 63.8 Å². The van der Waals surface area contributed by atoms with Gasteiger partial charge in [-0.15, -0.1) is 0 Å². The predicted molar refractivity (Wildman–Crippen MR) is 81.8 cm³/mol. The molecule has 25 heavy (non-hydrogen) atoms.